The molecule has 4 nitrogen and oxygen atoms in total. The Morgan fingerprint density at radius 2 is 2.00 bits per heavy atom. The monoisotopic (exact) mass is 209 g/mol. The van der Waals surface area contributed by atoms with E-state index in [1.807, 2.05) is 0 Å². The zero-order valence-electron chi connectivity index (χ0n) is 8.43. The first-order valence-corrected chi connectivity index (χ1v) is 4.36. The van der Waals surface area contributed by atoms with Crippen LogP contribution in [-0.2, 0) is 16.1 Å². The van der Waals surface area contributed by atoms with Crippen LogP contribution in [0.2, 0.25) is 0 Å². The molecular weight excluding hydrogens is 194 g/mol. The number of aliphatic hydroxyl groups is 1. The maximum Gasteiger partial charge on any atom is 0.293 e. The molecule has 0 fully saturated rings. The second-order valence-electron chi connectivity index (χ2n) is 2.62. The van der Waals surface area contributed by atoms with Crippen molar-refractivity contribution in [2.75, 3.05) is 12.3 Å². The van der Waals surface area contributed by atoms with E-state index in [0.29, 0.717) is 13.1 Å². The number of hydrogen-bond acceptors (Lipinski definition) is 4. The van der Waals surface area contributed by atoms with E-state index in [-0.39, 0.29) is 6.61 Å². The molecule has 0 saturated carbocycles. The minimum atomic E-state index is 0.0836. The minimum Gasteiger partial charge on any atom is -0.464 e. The van der Waals surface area contributed by atoms with E-state index in [1.54, 1.807) is 24.3 Å². The van der Waals surface area contributed by atoms with E-state index < -0.39 is 0 Å². The number of benzene rings is 1. The molecule has 0 aromatic heterocycles. The fourth-order valence-electron chi connectivity index (χ4n) is 0.730. The van der Waals surface area contributed by atoms with E-state index in [9.17, 15) is 4.79 Å². The second-order valence-corrected chi connectivity index (χ2v) is 2.62. The maximum absolute atomic E-state index is 9.29. The van der Waals surface area contributed by atoms with Crippen LogP contribution in [0.15, 0.2) is 36.9 Å². The lowest BCUT2D eigenvalue weighted by Gasteiger charge is -1.94. The molecule has 1 aromatic carbocycles. The summed E-state index contributed by atoms with van der Waals surface area (Å²) in [7, 11) is 0. The summed E-state index contributed by atoms with van der Waals surface area (Å²) in [6.45, 7) is 4.10. The molecule has 0 aliphatic heterocycles. The van der Waals surface area contributed by atoms with Crippen molar-refractivity contribution < 1.29 is 14.6 Å². The molecule has 0 amide bonds. The lowest BCUT2D eigenvalue weighted by atomic mass is 10.2. The standard InChI is InChI=1S/C7H9NO.C4H6O2/c8-7-3-1-6(5-9)2-4-7;1-2-3-6-4-5/h1-4,9H,5,8H2;2,4H,1,3H2. The Balaban J connectivity index is 0.000000288. The number of ether oxygens (including phenoxy) is 1. The molecule has 0 spiro atoms. The topological polar surface area (TPSA) is 72.5 Å². The average Bonchev–Trinajstić information content (AvgIpc) is 2.28. The number of aliphatic hydroxyl groups excluding tert-OH is 1. The molecule has 3 N–H and O–H groups in total. The third-order valence-electron chi connectivity index (χ3n) is 1.44. The van der Waals surface area contributed by atoms with Crippen molar-refractivity contribution in [3.63, 3.8) is 0 Å². The summed E-state index contributed by atoms with van der Waals surface area (Å²) in [5, 5.41) is 8.59. The summed E-state index contributed by atoms with van der Waals surface area (Å²) in [5.74, 6) is 0. The summed E-state index contributed by atoms with van der Waals surface area (Å²) in [5.41, 5.74) is 7.02. The van der Waals surface area contributed by atoms with Crippen molar-refractivity contribution in [3.8, 4) is 0 Å². The van der Waals surface area contributed by atoms with Crippen LogP contribution in [-0.4, -0.2) is 18.2 Å². The largest absolute Gasteiger partial charge is 0.464 e. The Bertz CT molecular complexity index is 274. The zero-order valence-corrected chi connectivity index (χ0v) is 8.43. The summed E-state index contributed by atoms with van der Waals surface area (Å²) in [6.07, 6.45) is 1.51. The predicted octanol–water partition coefficient (Wildman–Crippen LogP) is 1.11. The molecule has 0 unspecified atom stereocenters. The lowest BCUT2D eigenvalue weighted by Crippen LogP contribution is -1.85. The quantitative estimate of drug-likeness (QED) is 0.337. The van der Waals surface area contributed by atoms with Gasteiger partial charge in [-0.15, -0.1) is 0 Å². The van der Waals surface area contributed by atoms with Gasteiger partial charge in [0.2, 0.25) is 0 Å². The first-order chi connectivity index (χ1) is 7.24. The van der Waals surface area contributed by atoms with Gasteiger partial charge in [-0.3, -0.25) is 4.79 Å². The first kappa shape index (κ1) is 13.2. The highest BCUT2D eigenvalue weighted by molar-refractivity contribution is 5.39. The molecule has 0 bridgehead atoms. The predicted molar refractivity (Wildman–Crippen MR) is 59.0 cm³/mol. The normalized spacial score (nSPS) is 8.33. The number of nitrogens with two attached hydrogens (primary N) is 1. The van der Waals surface area contributed by atoms with Crippen molar-refractivity contribution in [2.24, 2.45) is 0 Å². The van der Waals surface area contributed by atoms with Gasteiger partial charge in [-0.1, -0.05) is 24.8 Å². The second kappa shape index (κ2) is 8.77. The van der Waals surface area contributed by atoms with Crippen LogP contribution in [0, 0.1) is 0 Å². The number of rotatable bonds is 4. The highest BCUT2D eigenvalue weighted by Crippen LogP contribution is 2.03. The SMILES string of the molecule is C=CCOC=O.Nc1ccc(CO)cc1. The Hall–Kier alpha value is -1.81. The van der Waals surface area contributed by atoms with Gasteiger partial charge in [-0.2, -0.15) is 0 Å². The van der Waals surface area contributed by atoms with E-state index >= 15 is 0 Å². The van der Waals surface area contributed by atoms with Crippen LogP contribution in [0.4, 0.5) is 5.69 Å². The van der Waals surface area contributed by atoms with Gasteiger partial charge in [-0.05, 0) is 17.7 Å². The average molecular weight is 209 g/mol. The Labute approximate surface area is 89.0 Å². The number of hydrogen-bond donors (Lipinski definition) is 2. The fraction of sp³-hybridized carbons (Fsp3) is 0.182. The van der Waals surface area contributed by atoms with E-state index in [4.69, 9.17) is 10.8 Å². The first-order valence-electron chi connectivity index (χ1n) is 4.36. The van der Waals surface area contributed by atoms with Gasteiger partial charge < -0.3 is 15.6 Å². The van der Waals surface area contributed by atoms with Gasteiger partial charge in [0.25, 0.3) is 6.47 Å². The van der Waals surface area contributed by atoms with Gasteiger partial charge in [-0.25, -0.2) is 0 Å². The Morgan fingerprint density at radius 1 is 1.40 bits per heavy atom. The van der Waals surface area contributed by atoms with E-state index in [0.717, 1.165) is 11.3 Å². The van der Waals surface area contributed by atoms with Gasteiger partial charge in [0, 0.05) is 5.69 Å². The number of nitrogen functional groups attached to an aromatic ring is 1. The van der Waals surface area contributed by atoms with Crippen molar-refractivity contribution >= 4 is 12.2 Å². The molecule has 1 rings (SSSR count). The summed E-state index contributed by atoms with van der Waals surface area (Å²) >= 11 is 0. The molecule has 4 heteroatoms. The van der Waals surface area contributed by atoms with Crippen LogP contribution in [0.1, 0.15) is 5.56 Å². The molecule has 0 heterocycles. The Kier molecular flexibility index (Phi) is 7.71. The molecule has 0 aliphatic rings. The van der Waals surface area contributed by atoms with Gasteiger partial charge in [0.05, 0.1) is 6.61 Å². The minimum absolute atomic E-state index is 0.0836. The smallest absolute Gasteiger partial charge is 0.293 e. The molecule has 0 radical (unpaired) electrons. The summed E-state index contributed by atoms with van der Waals surface area (Å²) in [4.78, 5) is 9.29. The van der Waals surface area contributed by atoms with Crippen LogP contribution in [0.3, 0.4) is 0 Å². The van der Waals surface area contributed by atoms with Gasteiger partial charge in [0.1, 0.15) is 6.61 Å². The van der Waals surface area contributed by atoms with Crippen LogP contribution < -0.4 is 5.73 Å². The molecule has 0 atom stereocenters. The molecule has 82 valence electrons. The van der Waals surface area contributed by atoms with E-state index in [2.05, 4.69) is 11.3 Å². The fourth-order valence-corrected chi connectivity index (χ4v) is 0.730. The Morgan fingerprint density at radius 3 is 2.33 bits per heavy atom. The van der Waals surface area contributed by atoms with Crippen molar-refractivity contribution in [2.45, 2.75) is 6.61 Å². The summed E-state index contributed by atoms with van der Waals surface area (Å²) in [6, 6.07) is 7.14. The van der Waals surface area contributed by atoms with Crippen LogP contribution in [0.25, 0.3) is 0 Å². The van der Waals surface area contributed by atoms with Crippen LogP contribution >= 0.6 is 0 Å². The number of carbonyl (C=O) groups is 1. The van der Waals surface area contributed by atoms with Crippen molar-refractivity contribution in [3.05, 3.63) is 42.5 Å². The highest BCUT2D eigenvalue weighted by Gasteiger charge is 1.86. The number of carbonyl (C=O) groups excluding carboxylic acids is 1. The number of anilines is 1. The zero-order chi connectivity index (χ0) is 11.5. The van der Waals surface area contributed by atoms with Crippen LogP contribution in [0.5, 0.6) is 0 Å². The molecule has 0 saturated heterocycles. The molecule has 1 aromatic rings. The third kappa shape index (κ3) is 7.28. The molecular formula is C11H15NO3. The van der Waals surface area contributed by atoms with Gasteiger partial charge in [0.15, 0.2) is 0 Å². The molecule has 0 aliphatic carbocycles. The maximum atomic E-state index is 9.29. The lowest BCUT2D eigenvalue weighted by molar-refractivity contribution is -0.127. The highest BCUT2D eigenvalue weighted by atomic mass is 16.5. The molecule has 15 heavy (non-hydrogen) atoms. The third-order valence-corrected chi connectivity index (χ3v) is 1.44. The van der Waals surface area contributed by atoms with E-state index in [1.165, 1.54) is 6.08 Å². The van der Waals surface area contributed by atoms with Crippen molar-refractivity contribution in [1.29, 1.82) is 0 Å². The summed E-state index contributed by atoms with van der Waals surface area (Å²) < 4.78 is 4.18. The van der Waals surface area contributed by atoms with Crippen molar-refractivity contribution in [1.82, 2.24) is 0 Å². The van der Waals surface area contributed by atoms with Gasteiger partial charge >= 0.3 is 0 Å².